The Bertz CT molecular complexity index is 1220. The number of allylic oxidation sites excluding steroid dienone is 2. The van der Waals surface area contributed by atoms with Gasteiger partial charge in [-0.15, -0.1) is 0 Å². The zero-order valence-corrected chi connectivity index (χ0v) is 25.0. The number of hydrogen-bond donors (Lipinski definition) is 2. The van der Waals surface area contributed by atoms with Crippen LogP contribution in [0.4, 0.5) is 0 Å². The van der Waals surface area contributed by atoms with Gasteiger partial charge in [0.25, 0.3) is 0 Å². The first-order valence-corrected chi connectivity index (χ1v) is 15.3. The summed E-state index contributed by atoms with van der Waals surface area (Å²) >= 11 is 0. The zero-order chi connectivity index (χ0) is 29.6. The number of aliphatic hydroxyl groups excluding tert-OH is 1. The molecule has 3 aliphatic heterocycles. The van der Waals surface area contributed by atoms with Crippen LogP contribution in [0.2, 0.25) is 0 Å². The minimum atomic E-state index is -1.71. The van der Waals surface area contributed by atoms with E-state index in [1.165, 1.54) is 19.4 Å². The van der Waals surface area contributed by atoms with Crippen LogP contribution in [0, 0.1) is 39.9 Å². The van der Waals surface area contributed by atoms with Crippen LogP contribution in [-0.2, 0) is 23.7 Å². The van der Waals surface area contributed by atoms with Crippen molar-refractivity contribution in [3.05, 3.63) is 33.9 Å². The normalized spacial score (nSPS) is 44.1. The fraction of sp³-hybridized carbons (Fsp3) is 0.839. The van der Waals surface area contributed by atoms with Gasteiger partial charge < -0.3 is 29.2 Å². The van der Waals surface area contributed by atoms with Crippen LogP contribution >= 0.6 is 0 Å². The highest BCUT2D eigenvalue weighted by atomic mass is 16.8. The fourth-order valence-electron chi connectivity index (χ4n) is 10.3. The summed E-state index contributed by atoms with van der Waals surface area (Å²) in [6, 6.07) is 0. The summed E-state index contributed by atoms with van der Waals surface area (Å²) in [5.74, 6) is -3.37. The van der Waals surface area contributed by atoms with Crippen molar-refractivity contribution in [3.63, 3.8) is 0 Å². The van der Waals surface area contributed by atoms with Gasteiger partial charge in [-0.25, -0.2) is 0 Å². The third-order valence-corrected chi connectivity index (χ3v) is 11.3. The average molecular weight is 572 g/mol. The van der Waals surface area contributed by atoms with E-state index in [9.17, 15) is 15.0 Å². The molecule has 4 bridgehead atoms. The van der Waals surface area contributed by atoms with Crippen LogP contribution in [0.5, 0.6) is 0 Å². The Labute approximate surface area is 242 Å². The fourth-order valence-corrected chi connectivity index (χ4v) is 10.3. The van der Waals surface area contributed by atoms with Gasteiger partial charge in [0, 0.05) is 23.8 Å². The van der Waals surface area contributed by atoms with Gasteiger partial charge in [-0.1, -0.05) is 32.5 Å². The molecule has 3 saturated carbocycles. The highest BCUT2D eigenvalue weighted by Crippen LogP contribution is 2.80. The molecule has 2 saturated heterocycles. The lowest BCUT2D eigenvalue weighted by atomic mass is 9.35. The number of aliphatic hydroxyl groups is 2. The number of carbonyl (C=O) groups excluding carboxylic acids is 1. The quantitative estimate of drug-likeness (QED) is 0.102. The van der Waals surface area contributed by atoms with Crippen molar-refractivity contribution in [3.8, 4) is 0 Å². The van der Waals surface area contributed by atoms with Crippen LogP contribution in [0.1, 0.15) is 79.6 Å². The van der Waals surface area contributed by atoms with Gasteiger partial charge in [-0.05, 0) is 92.2 Å². The standard InChI is InChI=1S/C31H45N3O7/c1-17-20-10-11-21-29-16-39-31(41-28(5,6)37,30(21,18(20)2)24(17)35)25(36)23(29)27(3,4)15-19-9-12-22(40-26(19)29)38-14-8-7-13-33-34-32/h18,20-23,25,36-37H,1,7-16H2,2-6H3/t18-,20+,21+,22-,23-,25+,29+,30+,31+/m1/s1. The molecule has 9 atom stereocenters. The third-order valence-electron chi connectivity index (χ3n) is 11.3. The van der Waals surface area contributed by atoms with Crippen LogP contribution in [-0.4, -0.2) is 59.7 Å². The Morgan fingerprint density at radius 1 is 1.24 bits per heavy atom. The van der Waals surface area contributed by atoms with Crippen molar-refractivity contribution in [2.24, 2.45) is 45.0 Å². The smallest absolute Gasteiger partial charge is 0.211 e. The molecule has 5 fully saturated rings. The second-order valence-corrected chi connectivity index (χ2v) is 14.4. The number of ketones is 1. The number of Topliss-reactive ketones (excluding diaryl/α,β-unsaturated/α-hetero) is 1. The van der Waals surface area contributed by atoms with Crippen LogP contribution in [0.25, 0.3) is 10.4 Å². The lowest BCUT2D eigenvalue weighted by Gasteiger charge is -2.75. The summed E-state index contributed by atoms with van der Waals surface area (Å²) in [6.45, 7) is 14.9. The number of unbranched alkanes of at least 4 members (excludes halogenated alkanes) is 1. The predicted octanol–water partition coefficient (Wildman–Crippen LogP) is 5.15. The van der Waals surface area contributed by atoms with E-state index < -0.39 is 34.8 Å². The van der Waals surface area contributed by atoms with Gasteiger partial charge in [-0.2, -0.15) is 0 Å². The topological polar surface area (TPSA) is 143 Å². The van der Waals surface area contributed by atoms with Crippen molar-refractivity contribution in [2.45, 2.75) is 104 Å². The van der Waals surface area contributed by atoms with Crippen molar-refractivity contribution in [1.29, 1.82) is 0 Å². The molecule has 41 heavy (non-hydrogen) atoms. The Balaban J connectivity index is 1.45. The Morgan fingerprint density at radius 2 is 2.00 bits per heavy atom. The molecule has 4 aliphatic carbocycles. The Morgan fingerprint density at radius 3 is 2.71 bits per heavy atom. The maximum absolute atomic E-state index is 14.5. The molecule has 3 heterocycles. The highest BCUT2D eigenvalue weighted by molar-refractivity contribution is 6.04. The van der Waals surface area contributed by atoms with Crippen LogP contribution in [0.15, 0.2) is 28.6 Å². The summed E-state index contributed by atoms with van der Waals surface area (Å²) in [6.07, 6.45) is 3.75. The van der Waals surface area contributed by atoms with Gasteiger partial charge in [-0.3, -0.25) is 4.79 Å². The molecule has 2 N–H and O–H groups in total. The average Bonchev–Trinajstić information content (AvgIpc) is 2.99. The summed E-state index contributed by atoms with van der Waals surface area (Å²) in [4.78, 5) is 17.3. The maximum atomic E-state index is 14.5. The summed E-state index contributed by atoms with van der Waals surface area (Å²) < 4.78 is 26.1. The lowest BCUT2D eigenvalue weighted by Crippen LogP contribution is -2.84. The van der Waals surface area contributed by atoms with Crippen molar-refractivity contribution < 1.29 is 34.0 Å². The van der Waals surface area contributed by atoms with Gasteiger partial charge in [0.2, 0.25) is 5.79 Å². The van der Waals surface area contributed by atoms with Gasteiger partial charge >= 0.3 is 0 Å². The van der Waals surface area contributed by atoms with Crippen molar-refractivity contribution in [2.75, 3.05) is 19.8 Å². The Kier molecular flexibility index (Phi) is 6.77. The van der Waals surface area contributed by atoms with Gasteiger partial charge in [0.15, 0.2) is 17.9 Å². The second kappa shape index (κ2) is 9.53. The van der Waals surface area contributed by atoms with E-state index in [1.54, 1.807) is 0 Å². The molecule has 0 unspecified atom stereocenters. The molecule has 0 aromatic rings. The maximum Gasteiger partial charge on any atom is 0.211 e. The predicted molar refractivity (Wildman–Crippen MR) is 149 cm³/mol. The summed E-state index contributed by atoms with van der Waals surface area (Å²) in [5.41, 5.74) is 8.01. The third kappa shape index (κ3) is 3.74. The minimum absolute atomic E-state index is 0.0233. The van der Waals surface area contributed by atoms with E-state index in [0.29, 0.717) is 18.7 Å². The van der Waals surface area contributed by atoms with E-state index in [0.717, 1.165) is 50.7 Å². The minimum Gasteiger partial charge on any atom is -0.469 e. The van der Waals surface area contributed by atoms with E-state index in [-0.39, 0.29) is 41.5 Å². The molecular formula is C31H45N3O7. The lowest BCUT2D eigenvalue weighted by molar-refractivity contribution is -0.482. The van der Waals surface area contributed by atoms with Crippen molar-refractivity contribution in [1.82, 2.24) is 0 Å². The number of carbonyl (C=O) groups is 1. The first-order chi connectivity index (χ1) is 19.3. The first-order valence-electron chi connectivity index (χ1n) is 15.3. The second-order valence-electron chi connectivity index (χ2n) is 14.4. The zero-order valence-electron chi connectivity index (χ0n) is 25.0. The monoisotopic (exact) mass is 571 g/mol. The van der Waals surface area contributed by atoms with Crippen LogP contribution < -0.4 is 0 Å². The SMILES string of the molecule is C=C1C(=O)[C@]23[C@H](C)[C@H]1CC[C@H]2[C@@]12CO[C@]3(OC(C)(C)O)[C@@H](O)[C@@H]1C(C)(C)CC1=C2O[C@@H](OCCCCN=[N+]=[N-])CC1. The Hall–Kier alpha value is -1.94. The molecule has 226 valence electrons. The number of rotatable bonds is 8. The highest BCUT2D eigenvalue weighted by Gasteiger charge is 2.87. The summed E-state index contributed by atoms with van der Waals surface area (Å²) in [5, 5.41) is 27.1. The number of ether oxygens (including phenoxy) is 4. The molecule has 10 nitrogen and oxygen atoms in total. The first kappa shape index (κ1) is 29.1. The number of nitrogens with zero attached hydrogens (tertiary/aromatic N) is 3. The molecule has 7 rings (SSSR count). The molecule has 7 aliphatic rings. The van der Waals surface area contributed by atoms with E-state index >= 15 is 0 Å². The van der Waals surface area contributed by atoms with E-state index in [2.05, 4.69) is 37.4 Å². The largest absolute Gasteiger partial charge is 0.469 e. The molecule has 0 aromatic carbocycles. The molecule has 10 heteroatoms. The molecule has 0 aromatic heterocycles. The molecular weight excluding hydrogens is 526 g/mol. The number of azide groups is 1. The summed E-state index contributed by atoms with van der Waals surface area (Å²) in [7, 11) is 0. The van der Waals surface area contributed by atoms with E-state index in [1.807, 2.05) is 0 Å². The molecule has 2 spiro atoms. The van der Waals surface area contributed by atoms with Crippen molar-refractivity contribution >= 4 is 5.78 Å². The molecule has 0 amide bonds. The van der Waals surface area contributed by atoms with Crippen LogP contribution in [0.3, 0.4) is 0 Å². The number of hydrogen-bond acceptors (Lipinski definition) is 8. The number of fused-ring (bicyclic) bond motifs is 2. The van der Waals surface area contributed by atoms with Gasteiger partial charge in [0.05, 0.1) is 24.0 Å². The molecule has 0 radical (unpaired) electrons. The van der Waals surface area contributed by atoms with Gasteiger partial charge in [0.1, 0.15) is 11.9 Å². The van der Waals surface area contributed by atoms with E-state index in [4.69, 9.17) is 24.5 Å².